The molecule has 0 spiro atoms. The van der Waals surface area contributed by atoms with Crippen LogP contribution in [0.2, 0.25) is 0 Å². The highest BCUT2D eigenvalue weighted by molar-refractivity contribution is 7.94. The van der Waals surface area contributed by atoms with Crippen molar-refractivity contribution < 1.29 is 22.7 Å². The number of carbonyl (C=O) groups excluding carboxylic acids is 1. The van der Waals surface area contributed by atoms with Gasteiger partial charge in [0.15, 0.2) is 9.84 Å². The molecule has 0 radical (unpaired) electrons. The van der Waals surface area contributed by atoms with Gasteiger partial charge < -0.3 is 9.47 Å². The van der Waals surface area contributed by atoms with Crippen molar-refractivity contribution in [3.63, 3.8) is 0 Å². The lowest BCUT2D eigenvalue weighted by Gasteiger charge is -2.43. The molecule has 24 heavy (non-hydrogen) atoms. The Kier molecular flexibility index (Phi) is 4.93. The average molecular weight is 352 g/mol. The summed E-state index contributed by atoms with van der Waals surface area (Å²) in [5.74, 6) is -0.485. The highest BCUT2D eigenvalue weighted by Crippen LogP contribution is 2.38. The largest absolute Gasteiger partial charge is 0.434 e. The molecule has 0 aliphatic carbocycles. The van der Waals surface area contributed by atoms with Gasteiger partial charge in [0.05, 0.1) is 11.0 Å². The molecule has 1 aromatic carbocycles. The Morgan fingerprint density at radius 3 is 2.25 bits per heavy atom. The van der Waals surface area contributed by atoms with Crippen molar-refractivity contribution in [2.75, 3.05) is 0 Å². The van der Waals surface area contributed by atoms with E-state index in [9.17, 15) is 13.2 Å². The lowest BCUT2D eigenvalue weighted by Crippen LogP contribution is -2.52. The number of sulfone groups is 1. The maximum atomic E-state index is 12.5. The molecule has 1 aromatic rings. The molecule has 1 aliphatic rings. The van der Waals surface area contributed by atoms with E-state index >= 15 is 0 Å². The van der Waals surface area contributed by atoms with E-state index in [1.165, 1.54) is 18.2 Å². The van der Waals surface area contributed by atoms with E-state index < -0.39 is 33.6 Å². The van der Waals surface area contributed by atoms with Crippen LogP contribution in [0, 0.1) is 10.8 Å². The number of esters is 1. The number of benzene rings is 1. The quantitative estimate of drug-likeness (QED) is 0.781. The minimum atomic E-state index is -3.63. The summed E-state index contributed by atoms with van der Waals surface area (Å²) in [6.07, 6.45) is 0.193. The van der Waals surface area contributed by atoms with Crippen molar-refractivity contribution in [1.82, 2.24) is 0 Å². The van der Waals surface area contributed by atoms with E-state index in [-0.39, 0.29) is 10.3 Å². The summed E-state index contributed by atoms with van der Waals surface area (Å²) in [5.41, 5.74) is -1.52. The standard InChI is InChI=1S/C18H24O5S/c1-13-18(5,15(19)23-16(22-13)17(2,3)4)11-12-24(20,21)14-9-7-6-8-10-14/h6-13,16H,1-5H3/b12-11+/t13-,16-,18-/m1/s1. The lowest BCUT2D eigenvalue weighted by molar-refractivity contribution is -0.263. The van der Waals surface area contributed by atoms with Crippen LogP contribution in [0.5, 0.6) is 0 Å². The van der Waals surface area contributed by atoms with Crippen molar-refractivity contribution >= 4 is 15.8 Å². The van der Waals surface area contributed by atoms with E-state index in [0.29, 0.717) is 0 Å². The third-order valence-corrected chi connectivity index (χ3v) is 5.62. The smallest absolute Gasteiger partial charge is 0.320 e. The molecule has 3 atom stereocenters. The highest BCUT2D eigenvalue weighted by Gasteiger charge is 2.48. The molecule has 0 amide bonds. The van der Waals surface area contributed by atoms with Crippen LogP contribution < -0.4 is 0 Å². The van der Waals surface area contributed by atoms with Gasteiger partial charge in [-0.2, -0.15) is 0 Å². The van der Waals surface area contributed by atoms with Crippen molar-refractivity contribution in [3.05, 3.63) is 41.8 Å². The normalized spacial score (nSPS) is 28.8. The predicted molar refractivity (Wildman–Crippen MR) is 90.8 cm³/mol. The number of carbonyl (C=O) groups is 1. The molecule has 1 fully saturated rings. The number of cyclic esters (lactones) is 1. The predicted octanol–water partition coefficient (Wildman–Crippen LogP) is 3.31. The van der Waals surface area contributed by atoms with Crippen LogP contribution in [0.25, 0.3) is 0 Å². The number of hydrogen-bond donors (Lipinski definition) is 0. The van der Waals surface area contributed by atoms with Crippen LogP contribution in [0.3, 0.4) is 0 Å². The van der Waals surface area contributed by atoms with Gasteiger partial charge in [-0.3, -0.25) is 4.79 Å². The van der Waals surface area contributed by atoms with Gasteiger partial charge >= 0.3 is 5.97 Å². The summed E-state index contributed by atoms with van der Waals surface area (Å²) in [6, 6.07) is 8.06. The molecule has 0 saturated carbocycles. The van der Waals surface area contributed by atoms with Crippen LogP contribution in [-0.2, 0) is 24.1 Å². The molecule has 1 heterocycles. The first-order chi connectivity index (χ1) is 11.0. The van der Waals surface area contributed by atoms with Crippen LogP contribution in [0.1, 0.15) is 34.6 Å². The minimum absolute atomic E-state index is 0.176. The molecule has 0 aromatic heterocycles. The first kappa shape index (κ1) is 18.7. The Morgan fingerprint density at radius 1 is 1.17 bits per heavy atom. The topological polar surface area (TPSA) is 69.7 Å². The molecule has 6 heteroatoms. The average Bonchev–Trinajstić information content (AvgIpc) is 2.50. The second-order valence-electron chi connectivity index (χ2n) is 7.33. The van der Waals surface area contributed by atoms with Crippen LogP contribution in [0.15, 0.2) is 46.7 Å². The number of rotatable bonds is 3. The first-order valence-electron chi connectivity index (χ1n) is 7.83. The summed E-state index contributed by atoms with van der Waals surface area (Å²) in [4.78, 5) is 12.7. The Labute approximate surface area is 143 Å². The molecular weight excluding hydrogens is 328 g/mol. The molecule has 1 aliphatic heterocycles. The Bertz CT molecular complexity index is 730. The van der Waals surface area contributed by atoms with Gasteiger partial charge in [-0.05, 0) is 26.0 Å². The van der Waals surface area contributed by atoms with Gasteiger partial charge in [-0.25, -0.2) is 8.42 Å². The van der Waals surface area contributed by atoms with Crippen LogP contribution in [-0.4, -0.2) is 26.8 Å². The molecular formula is C18H24O5S. The monoisotopic (exact) mass is 352 g/mol. The van der Waals surface area contributed by atoms with Gasteiger partial charge in [-0.15, -0.1) is 0 Å². The molecule has 132 valence electrons. The van der Waals surface area contributed by atoms with Crippen molar-refractivity contribution in [2.45, 2.75) is 51.9 Å². The molecule has 0 N–H and O–H groups in total. The van der Waals surface area contributed by atoms with Crippen LogP contribution >= 0.6 is 0 Å². The SMILES string of the molecule is C[C@H]1O[C@@H](C(C)(C)C)OC(=O)[C@]1(C)/C=C/S(=O)(=O)c1ccccc1. The lowest BCUT2D eigenvalue weighted by atomic mass is 9.83. The van der Waals surface area contributed by atoms with E-state index in [2.05, 4.69) is 0 Å². The van der Waals surface area contributed by atoms with E-state index in [1.807, 2.05) is 20.8 Å². The molecule has 2 rings (SSSR count). The van der Waals surface area contributed by atoms with E-state index in [0.717, 1.165) is 5.41 Å². The first-order valence-corrected chi connectivity index (χ1v) is 9.37. The minimum Gasteiger partial charge on any atom is -0.434 e. The van der Waals surface area contributed by atoms with Crippen molar-refractivity contribution in [1.29, 1.82) is 0 Å². The summed E-state index contributed by atoms with van der Waals surface area (Å²) in [5, 5.41) is 1.06. The van der Waals surface area contributed by atoms with E-state index in [1.54, 1.807) is 32.0 Å². The van der Waals surface area contributed by atoms with Gasteiger partial charge in [0.25, 0.3) is 0 Å². The summed E-state index contributed by atoms with van der Waals surface area (Å²) >= 11 is 0. The summed E-state index contributed by atoms with van der Waals surface area (Å²) < 4.78 is 36.0. The fourth-order valence-electron chi connectivity index (χ4n) is 2.25. The Morgan fingerprint density at radius 2 is 1.75 bits per heavy atom. The zero-order valence-electron chi connectivity index (χ0n) is 14.6. The van der Waals surface area contributed by atoms with Crippen molar-refractivity contribution in [2.24, 2.45) is 10.8 Å². The van der Waals surface area contributed by atoms with Gasteiger partial charge in [0.2, 0.25) is 6.29 Å². The third kappa shape index (κ3) is 3.70. The van der Waals surface area contributed by atoms with Gasteiger partial charge in [0.1, 0.15) is 5.41 Å². The second-order valence-corrected chi connectivity index (χ2v) is 9.16. The summed E-state index contributed by atoms with van der Waals surface area (Å²) in [6.45, 7) is 9.11. The zero-order valence-corrected chi connectivity index (χ0v) is 15.5. The number of ether oxygens (including phenoxy) is 2. The Balaban J connectivity index is 2.27. The molecule has 0 unspecified atom stereocenters. The molecule has 0 bridgehead atoms. The van der Waals surface area contributed by atoms with Gasteiger partial charge in [-0.1, -0.05) is 45.0 Å². The second kappa shape index (κ2) is 6.33. The highest BCUT2D eigenvalue weighted by atomic mass is 32.2. The summed E-state index contributed by atoms with van der Waals surface area (Å²) in [7, 11) is -3.63. The van der Waals surface area contributed by atoms with Gasteiger partial charge in [0, 0.05) is 10.8 Å². The molecule has 1 saturated heterocycles. The third-order valence-electron chi connectivity index (χ3n) is 4.20. The zero-order chi connectivity index (χ0) is 18.2. The number of hydrogen-bond acceptors (Lipinski definition) is 5. The Hall–Kier alpha value is -1.66. The van der Waals surface area contributed by atoms with Crippen molar-refractivity contribution in [3.8, 4) is 0 Å². The van der Waals surface area contributed by atoms with E-state index in [4.69, 9.17) is 9.47 Å². The maximum absolute atomic E-state index is 12.5. The fourth-order valence-corrected chi connectivity index (χ4v) is 3.40. The molecule has 5 nitrogen and oxygen atoms in total. The maximum Gasteiger partial charge on any atom is 0.320 e. The van der Waals surface area contributed by atoms with Crippen LogP contribution in [0.4, 0.5) is 0 Å². The fraction of sp³-hybridized carbons (Fsp3) is 0.500.